The fourth-order valence-corrected chi connectivity index (χ4v) is 3.81. The molecule has 1 aromatic heterocycles. The molecular formula is C20H24N4O2. The number of hydrogen-bond donors (Lipinski definition) is 0. The lowest BCUT2D eigenvalue weighted by molar-refractivity contribution is 0.0745. The molecular weight excluding hydrogens is 328 g/mol. The van der Waals surface area contributed by atoms with Crippen molar-refractivity contribution < 1.29 is 9.53 Å². The average Bonchev–Trinajstić information content (AvgIpc) is 3.17. The van der Waals surface area contributed by atoms with E-state index in [0.717, 1.165) is 37.9 Å². The maximum Gasteiger partial charge on any atom is 0.254 e. The van der Waals surface area contributed by atoms with E-state index in [1.807, 2.05) is 24.0 Å². The molecule has 0 bridgehead atoms. The van der Waals surface area contributed by atoms with Gasteiger partial charge in [-0.25, -0.2) is 4.98 Å². The molecule has 6 heteroatoms. The lowest BCUT2D eigenvalue weighted by Gasteiger charge is -2.35. The Morgan fingerprint density at radius 3 is 2.81 bits per heavy atom. The highest BCUT2D eigenvalue weighted by Gasteiger charge is 2.26. The number of carbonyl (C=O) groups excluding carboxylic acids is 1. The Balaban J connectivity index is 1.43. The van der Waals surface area contributed by atoms with Gasteiger partial charge in [0.1, 0.15) is 0 Å². The first kappa shape index (κ1) is 16.8. The first-order valence-corrected chi connectivity index (χ1v) is 9.37. The maximum absolute atomic E-state index is 13.0. The molecule has 1 fully saturated rings. The molecule has 1 amide bonds. The first-order valence-electron chi connectivity index (χ1n) is 9.37. The Morgan fingerprint density at radius 2 is 2.00 bits per heavy atom. The number of piperazine rings is 1. The fourth-order valence-electron chi connectivity index (χ4n) is 3.81. The summed E-state index contributed by atoms with van der Waals surface area (Å²) in [5.74, 6) is 1.42. The summed E-state index contributed by atoms with van der Waals surface area (Å²) >= 11 is 0. The SMILES string of the molecule is CCOc1ccnc(N2CCN(C(=O)c3cccc4c3CCC4)CC2)n1. The summed E-state index contributed by atoms with van der Waals surface area (Å²) in [5.41, 5.74) is 3.49. The summed E-state index contributed by atoms with van der Waals surface area (Å²) in [6.45, 7) is 5.36. The third kappa shape index (κ3) is 3.23. The molecule has 1 aromatic carbocycles. The van der Waals surface area contributed by atoms with E-state index in [-0.39, 0.29) is 5.91 Å². The summed E-state index contributed by atoms with van der Waals surface area (Å²) < 4.78 is 5.45. The van der Waals surface area contributed by atoms with Gasteiger partial charge in [-0.15, -0.1) is 0 Å². The molecule has 26 heavy (non-hydrogen) atoms. The minimum atomic E-state index is 0.160. The van der Waals surface area contributed by atoms with E-state index in [2.05, 4.69) is 20.9 Å². The van der Waals surface area contributed by atoms with Gasteiger partial charge >= 0.3 is 0 Å². The first-order chi connectivity index (χ1) is 12.8. The summed E-state index contributed by atoms with van der Waals surface area (Å²) in [5, 5.41) is 0. The Kier molecular flexibility index (Phi) is 4.73. The monoisotopic (exact) mass is 352 g/mol. The van der Waals surface area contributed by atoms with Gasteiger partial charge < -0.3 is 14.5 Å². The summed E-state index contributed by atoms with van der Waals surface area (Å²) in [7, 11) is 0. The zero-order chi connectivity index (χ0) is 17.9. The Bertz CT molecular complexity index is 800. The lowest BCUT2D eigenvalue weighted by Crippen LogP contribution is -2.49. The van der Waals surface area contributed by atoms with Crippen molar-refractivity contribution in [1.29, 1.82) is 0 Å². The fraction of sp³-hybridized carbons (Fsp3) is 0.450. The van der Waals surface area contributed by atoms with Crippen molar-refractivity contribution in [1.82, 2.24) is 14.9 Å². The minimum Gasteiger partial charge on any atom is -0.478 e. The molecule has 136 valence electrons. The molecule has 4 rings (SSSR count). The number of rotatable bonds is 4. The van der Waals surface area contributed by atoms with E-state index in [1.165, 1.54) is 11.1 Å². The zero-order valence-corrected chi connectivity index (χ0v) is 15.1. The Labute approximate surface area is 153 Å². The number of aryl methyl sites for hydroxylation is 1. The largest absolute Gasteiger partial charge is 0.478 e. The van der Waals surface area contributed by atoms with Gasteiger partial charge in [0.25, 0.3) is 5.91 Å². The smallest absolute Gasteiger partial charge is 0.254 e. The van der Waals surface area contributed by atoms with Gasteiger partial charge in [0, 0.05) is 44.0 Å². The summed E-state index contributed by atoms with van der Waals surface area (Å²) in [4.78, 5) is 25.9. The van der Waals surface area contributed by atoms with Crippen LogP contribution in [-0.4, -0.2) is 53.6 Å². The van der Waals surface area contributed by atoms with Gasteiger partial charge in [0.05, 0.1) is 6.61 Å². The molecule has 1 aliphatic heterocycles. The van der Waals surface area contributed by atoms with E-state index >= 15 is 0 Å². The van der Waals surface area contributed by atoms with E-state index in [1.54, 1.807) is 12.3 Å². The number of nitrogens with zero attached hydrogens (tertiary/aromatic N) is 4. The van der Waals surface area contributed by atoms with Crippen molar-refractivity contribution in [3.8, 4) is 5.88 Å². The van der Waals surface area contributed by atoms with E-state index < -0.39 is 0 Å². The van der Waals surface area contributed by atoms with Crippen LogP contribution in [0.4, 0.5) is 5.95 Å². The van der Waals surface area contributed by atoms with E-state index in [0.29, 0.717) is 31.5 Å². The minimum absolute atomic E-state index is 0.160. The maximum atomic E-state index is 13.0. The van der Waals surface area contributed by atoms with Crippen molar-refractivity contribution in [3.63, 3.8) is 0 Å². The Hall–Kier alpha value is -2.63. The van der Waals surface area contributed by atoms with Crippen LogP contribution in [0.5, 0.6) is 5.88 Å². The molecule has 6 nitrogen and oxygen atoms in total. The van der Waals surface area contributed by atoms with Crippen LogP contribution in [0.1, 0.15) is 34.8 Å². The van der Waals surface area contributed by atoms with Crippen LogP contribution >= 0.6 is 0 Å². The van der Waals surface area contributed by atoms with Crippen LogP contribution in [0.25, 0.3) is 0 Å². The van der Waals surface area contributed by atoms with Crippen LogP contribution < -0.4 is 9.64 Å². The number of amides is 1. The molecule has 0 unspecified atom stereocenters. The van der Waals surface area contributed by atoms with Crippen LogP contribution in [0.2, 0.25) is 0 Å². The molecule has 1 aliphatic carbocycles. The molecule has 0 radical (unpaired) electrons. The van der Waals surface area contributed by atoms with Gasteiger partial charge in [-0.05, 0) is 43.4 Å². The number of ether oxygens (including phenoxy) is 1. The highest BCUT2D eigenvalue weighted by atomic mass is 16.5. The number of hydrogen-bond acceptors (Lipinski definition) is 5. The van der Waals surface area contributed by atoms with Crippen molar-refractivity contribution in [2.45, 2.75) is 26.2 Å². The predicted octanol–water partition coefficient (Wildman–Crippen LogP) is 2.33. The van der Waals surface area contributed by atoms with Gasteiger partial charge in [-0.2, -0.15) is 4.98 Å². The van der Waals surface area contributed by atoms with Gasteiger partial charge in [-0.3, -0.25) is 4.79 Å². The summed E-state index contributed by atoms with van der Waals surface area (Å²) in [6.07, 6.45) is 4.99. The van der Waals surface area contributed by atoms with Gasteiger partial charge in [0.2, 0.25) is 11.8 Å². The number of benzene rings is 1. The molecule has 2 aliphatic rings. The second kappa shape index (κ2) is 7.32. The molecule has 0 saturated carbocycles. The normalized spacial score (nSPS) is 16.5. The second-order valence-corrected chi connectivity index (χ2v) is 6.70. The van der Waals surface area contributed by atoms with Crippen molar-refractivity contribution in [2.24, 2.45) is 0 Å². The molecule has 1 saturated heterocycles. The highest BCUT2D eigenvalue weighted by molar-refractivity contribution is 5.96. The van der Waals surface area contributed by atoms with Crippen molar-refractivity contribution >= 4 is 11.9 Å². The topological polar surface area (TPSA) is 58.6 Å². The van der Waals surface area contributed by atoms with Gasteiger partial charge in [0.15, 0.2) is 0 Å². The third-order valence-corrected chi connectivity index (χ3v) is 5.14. The molecule has 0 N–H and O–H groups in total. The van der Waals surface area contributed by atoms with Crippen LogP contribution in [0, 0.1) is 0 Å². The second-order valence-electron chi connectivity index (χ2n) is 6.70. The molecule has 2 aromatic rings. The van der Waals surface area contributed by atoms with Crippen molar-refractivity contribution in [3.05, 3.63) is 47.2 Å². The van der Waals surface area contributed by atoms with E-state index in [9.17, 15) is 4.79 Å². The highest BCUT2D eigenvalue weighted by Crippen LogP contribution is 2.26. The number of aromatic nitrogens is 2. The van der Waals surface area contributed by atoms with Crippen LogP contribution in [0.3, 0.4) is 0 Å². The lowest BCUT2D eigenvalue weighted by atomic mass is 10.0. The zero-order valence-electron chi connectivity index (χ0n) is 15.1. The standard InChI is InChI=1S/C20H24N4O2/c1-2-26-18-9-10-21-20(22-18)24-13-11-23(12-14-24)19(25)17-8-4-6-15-5-3-7-16(15)17/h4,6,8-10H,2-3,5,7,11-14H2,1H3. The third-order valence-electron chi connectivity index (χ3n) is 5.14. The molecule has 0 atom stereocenters. The number of carbonyl (C=O) groups is 1. The molecule has 0 spiro atoms. The summed E-state index contributed by atoms with van der Waals surface area (Å²) in [6, 6.07) is 7.91. The number of anilines is 1. The average molecular weight is 352 g/mol. The quantitative estimate of drug-likeness (QED) is 0.845. The van der Waals surface area contributed by atoms with E-state index in [4.69, 9.17) is 4.74 Å². The molecule has 2 heterocycles. The van der Waals surface area contributed by atoms with Crippen molar-refractivity contribution in [2.75, 3.05) is 37.7 Å². The van der Waals surface area contributed by atoms with Crippen LogP contribution in [0.15, 0.2) is 30.5 Å². The van der Waals surface area contributed by atoms with Crippen LogP contribution in [-0.2, 0) is 12.8 Å². The van der Waals surface area contributed by atoms with Gasteiger partial charge in [-0.1, -0.05) is 12.1 Å². The number of fused-ring (bicyclic) bond motifs is 1. The predicted molar refractivity (Wildman–Crippen MR) is 99.8 cm³/mol. The Morgan fingerprint density at radius 1 is 1.15 bits per heavy atom.